The normalized spacial score (nSPS) is 25.9. The molecule has 5 rings (SSSR count). The first-order valence-corrected chi connectivity index (χ1v) is 11.4. The molecule has 3 amide bonds. The summed E-state index contributed by atoms with van der Waals surface area (Å²) < 4.78 is 0. The number of benzene rings is 2. The Kier molecular flexibility index (Phi) is 5.30. The standard InChI is InChI=1S/C24H20Cl2N2O4/c25-16-8-9-17(18(26)11-16)22(30)27(12-19(29)13-4-2-1-3-5-13)28-23(31)20-14-6-7-15(10-14)21(20)24(28)32/h1-5,8-9,11,14-15,20-21H,6-7,10,12H2/t14-,15-,20-,21+/m0/s1. The van der Waals surface area contributed by atoms with E-state index in [1.807, 2.05) is 0 Å². The molecule has 1 saturated heterocycles. The molecule has 0 N–H and O–H groups in total. The van der Waals surface area contributed by atoms with Gasteiger partial charge in [-0.3, -0.25) is 19.2 Å². The third kappa shape index (κ3) is 3.33. The summed E-state index contributed by atoms with van der Waals surface area (Å²) in [5.74, 6) is -2.37. The van der Waals surface area contributed by atoms with E-state index in [0.717, 1.165) is 29.3 Å². The number of imide groups is 1. The van der Waals surface area contributed by atoms with Crippen molar-refractivity contribution in [1.29, 1.82) is 0 Å². The van der Waals surface area contributed by atoms with Gasteiger partial charge in [-0.15, -0.1) is 0 Å². The molecule has 1 aliphatic heterocycles. The minimum Gasteiger partial charge on any atom is -0.292 e. The quantitative estimate of drug-likeness (QED) is 0.483. The average molecular weight is 471 g/mol. The van der Waals surface area contributed by atoms with Crippen molar-refractivity contribution < 1.29 is 19.2 Å². The Hall–Kier alpha value is -2.70. The monoisotopic (exact) mass is 470 g/mol. The maximum absolute atomic E-state index is 13.5. The molecule has 0 unspecified atom stereocenters. The molecular weight excluding hydrogens is 451 g/mol. The van der Waals surface area contributed by atoms with E-state index in [9.17, 15) is 19.2 Å². The SMILES string of the molecule is O=C(CN(C(=O)c1ccc(Cl)cc1Cl)N1C(=O)[C@@H]2[C@H]3CC[C@@H](C3)[C@@H]2C1=O)c1ccccc1. The highest BCUT2D eigenvalue weighted by Gasteiger charge is 2.62. The number of rotatable bonds is 5. The molecule has 0 radical (unpaired) electrons. The Labute approximate surface area is 195 Å². The zero-order valence-electron chi connectivity index (χ0n) is 17.0. The zero-order valence-corrected chi connectivity index (χ0v) is 18.6. The fourth-order valence-electron chi connectivity index (χ4n) is 5.52. The molecule has 3 aliphatic rings. The van der Waals surface area contributed by atoms with Crippen LogP contribution in [0.1, 0.15) is 40.0 Å². The minimum atomic E-state index is -0.690. The fourth-order valence-corrected chi connectivity index (χ4v) is 6.01. The molecule has 0 aromatic heterocycles. The summed E-state index contributed by atoms with van der Waals surface area (Å²) in [5, 5.41) is 2.30. The molecule has 2 aromatic rings. The van der Waals surface area contributed by atoms with Crippen LogP contribution in [0.2, 0.25) is 10.0 Å². The minimum absolute atomic E-state index is 0.0672. The van der Waals surface area contributed by atoms with Gasteiger partial charge >= 0.3 is 0 Å². The van der Waals surface area contributed by atoms with Gasteiger partial charge in [-0.1, -0.05) is 53.5 Å². The van der Waals surface area contributed by atoms with Crippen LogP contribution in [0.3, 0.4) is 0 Å². The van der Waals surface area contributed by atoms with E-state index >= 15 is 0 Å². The Bertz CT molecular complexity index is 1110. The number of carbonyl (C=O) groups excluding carboxylic acids is 4. The van der Waals surface area contributed by atoms with Crippen LogP contribution in [0.15, 0.2) is 48.5 Å². The maximum atomic E-state index is 13.5. The van der Waals surface area contributed by atoms with E-state index in [0.29, 0.717) is 10.6 Å². The van der Waals surface area contributed by atoms with Crippen LogP contribution in [-0.2, 0) is 9.59 Å². The van der Waals surface area contributed by atoms with Crippen molar-refractivity contribution in [2.45, 2.75) is 19.3 Å². The van der Waals surface area contributed by atoms with Gasteiger partial charge in [0.15, 0.2) is 5.78 Å². The number of hydrogen-bond acceptors (Lipinski definition) is 4. The van der Waals surface area contributed by atoms with Gasteiger partial charge in [-0.05, 0) is 49.3 Å². The first kappa shape index (κ1) is 21.2. The summed E-state index contributed by atoms with van der Waals surface area (Å²) in [6, 6.07) is 12.8. The highest BCUT2D eigenvalue weighted by atomic mass is 35.5. The van der Waals surface area contributed by atoms with Gasteiger partial charge < -0.3 is 0 Å². The molecule has 4 atom stereocenters. The van der Waals surface area contributed by atoms with Crippen LogP contribution in [-0.4, -0.2) is 40.1 Å². The molecule has 1 heterocycles. The van der Waals surface area contributed by atoms with Crippen molar-refractivity contribution in [3.8, 4) is 0 Å². The molecule has 164 valence electrons. The molecule has 2 bridgehead atoms. The third-order valence-corrected chi connectivity index (χ3v) is 7.48. The number of nitrogens with zero attached hydrogens (tertiary/aromatic N) is 2. The Morgan fingerprint density at radius 3 is 2.16 bits per heavy atom. The highest BCUT2D eigenvalue weighted by molar-refractivity contribution is 6.36. The second-order valence-electron chi connectivity index (χ2n) is 8.65. The predicted molar refractivity (Wildman–Crippen MR) is 118 cm³/mol. The lowest BCUT2D eigenvalue weighted by molar-refractivity contribution is -0.154. The summed E-state index contributed by atoms with van der Waals surface area (Å²) in [4.78, 5) is 53.2. The second kappa shape index (κ2) is 8.01. The largest absolute Gasteiger partial charge is 0.292 e. The van der Waals surface area contributed by atoms with E-state index in [4.69, 9.17) is 23.2 Å². The number of amides is 3. The van der Waals surface area contributed by atoms with Crippen LogP contribution in [0.5, 0.6) is 0 Å². The van der Waals surface area contributed by atoms with Crippen molar-refractivity contribution in [3.05, 3.63) is 69.7 Å². The third-order valence-electron chi connectivity index (χ3n) is 6.93. The maximum Gasteiger partial charge on any atom is 0.274 e. The van der Waals surface area contributed by atoms with Crippen molar-refractivity contribution >= 4 is 46.7 Å². The lowest BCUT2D eigenvalue weighted by atomic mass is 9.81. The molecule has 2 saturated carbocycles. The zero-order chi connectivity index (χ0) is 22.6. The number of halogens is 2. The number of fused-ring (bicyclic) bond motifs is 5. The number of Topliss-reactive ketones (excluding diaryl/α,β-unsaturated/α-hetero) is 1. The van der Waals surface area contributed by atoms with Crippen molar-refractivity contribution in [2.75, 3.05) is 6.54 Å². The summed E-state index contributed by atoms with van der Waals surface area (Å²) in [7, 11) is 0. The molecule has 2 aliphatic carbocycles. The molecule has 3 fully saturated rings. The second-order valence-corrected chi connectivity index (χ2v) is 9.49. The van der Waals surface area contributed by atoms with Crippen LogP contribution in [0.25, 0.3) is 0 Å². The van der Waals surface area contributed by atoms with E-state index in [-0.39, 0.29) is 28.2 Å². The summed E-state index contributed by atoms with van der Waals surface area (Å²) in [6.45, 7) is -0.450. The predicted octanol–water partition coefficient (Wildman–Crippen LogP) is 4.26. The van der Waals surface area contributed by atoms with E-state index in [1.54, 1.807) is 30.3 Å². The smallest absolute Gasteiger partial charge is 0.274 e. The van der Waals surface area contributed by atoms with Gasteiger partial charge in [-0.25, -0.2) is 5.01 Å². The Morgan fingerprint density at radius 2 is 1.56 bits per heavy atom. The lowest BCUT2D eigenvalue weighted by Gasteiger charge is -2.31. The summed E-state index contributed by atoms with van der Waals surface area (Å²) in [6.07, 6.45) is 2.71. The Morgan fingerprint density at radius 1 is 0.938 bits per heavy atom. The number of carbonyl (C=O) groups is 4. The number of hydrogen-bond donors (Lipinski definition) is 0. The van der Waals surface area contributed by atoms with Crippen LogP contribution < -0.4 is 0 Å². The van der Waals surface area contributed by atoms with Gasteiger partial charge in [0.2, 0.25) is 0 Å². The first-order valence-electron chi connectivity index (χ1n) is 10.6. The van der Waals surface area contributed by atoms with E-state index < -0.39 is 36.1 Å². The van der Waals surface area contributed by atoms with Crippen molar-refractivity contribution in [2.24, 2.45) is 23.7 Å². The number of ketones is 1. The van der Waals surface area contributed by atoms with Gasteiger partial charge in [-0.2, -0.15) is 5.01 Å². The van der Waals surface area contributed by atoms with Crippen LogP contribution in [0.4, 0.5) is 0 Å². The van der Waals surface area contributed by atoms with Crippen molar-refractivity contribution in [3.63, 3.8) is 0 Å². The molecule has 0 spiro atoms. The summed E-state index contributed by atoms with van der Waals surface area (Å²) in [5.41, 5.74) is 0.449. The number of hydrazine groups is 1. The summed E-state index contributed by atoms with van der Waals surface area (Å²) >= 11 is 12.2. The Balaban J connectivity index is 1.52. The molecule has 2 aromatic carbocycles. The van der Waals surface area contributed by atoms with Crippen molar-refractivity contribution in [1.82, 2.24) is 10.0 Å². The topological polar surface area (TPSA) is 74.8 Å². The van der Waals surface area contributed by atoms with Gasteiger partial charge in [0.05, 0.1) is 22.4 Å². The lowest BCUT2D eigenvalue weighted by Crippen LogP contribution is -2.52. The first-order chi connectivity index (χ1) is 15.4. The molecule has 6 nitrogen and oxygen atoms in total. The van der Waals surface area contributed by atoms with Crippen LogP contribution in [0, 0.1) is 23.7 Å². The fraction of sp³-hybridized carbons (Fsp3) is 0.333. The molecule has 32 heavy (non-hydrogen) atoms. The highest BCUT2D eigenvalue weighted by Crippen LogP contribution is 2.56. The molecular formula is C24H20Cl2N2O4. The van der Waals surface area contributed by atoms with E-state index in [2.05, 4.69) is 0 Å². The van der Waals surface area contributed by atoms with Gasteiger partial charge in [0, 0.05) is 10.6 Å². The van der Waals surface area contributed by atoms with Gasteiger partial charge in [0.1, 0.15) is 6.54 Å². The average Bonchev–Trinajstić information content (AvgIpc) is 3.46. The van der Waals surface area contributed by atoms with Gasteiger partial charge in [0.25, 0.3) is 17.7 Å². The van der Waals surface area contributed by atoms with Crippen LogP contribution >= 0.6 is 23.2 Å². The van der Waals surface area contributed by atoms with E-state index in [1.165, 1.54) is 18.2 Å². The molecule has 8 heteroatoms.